The molecule has 0 spiro atoms. The van der Waals surface area contributed by atoms with E-state index in [0.717, 1.165) is 30.8 Å². The maximum absolute atomic E-state index is 4.72. The molecule has 0 saturated carbocycles. The number of aryl methyl sites for hydroxylation is 2. The van der Waals surface area contributed by atoms with Gasteiger partial charge in [0, 0.05) is 49.0 Å². The van der Waals surface area contributed by atoms with Crippen LogP contribution in [0.2, 0.25) is 0 Å². The largest absolute Gasteiger partial charge is 0.310 e. The first kappa shape index (κ1) is 15.1. The van der Waals surface area contributed by atoms with Gasteiger partial charge < -0.3 is 5.32 Å². The summed E-state index contributed by atoms with van der Waals surface area (Å²) < 4.78 is 0. The topological polar surface area (TPSA) is 50.7 Å². The molecule has 116 valence electrons. The molecular formula is C18H24N4. The van der Waals surface area contributed by atoms with Gasteiger partial charge in [-0.05, 0) is 56.7 Å². The van der Waals surface area contributed by atoms with Gasteiger partial charge in [0.05, 0.1) is 5.69 Å². The highest BCUT2D eigenvalue weighted by Crippen LogP contribution is 2.24. The van der Waals surface area contributed by atoms with Crippen LogP contribution in [-0.4, -0.2) is 21.0 Å². The first-order valence-corrected chi connectivity index (χ1v) is 8.19. The molecule has 4 nitrogen and oxygen atoms in total. The van der Waals surface area contributed by atoms with Crippen molar-refractivity contribution in [3.05, 3.63) is 52.9 Å². The molecular weight excluding hydrogens is 272 g/mol. The maximum Gasteiger partial charge on any atom is 0.0602 e. The Labute approximate surface area is 132 Å². The lowest BCUT2D eigenvalue weighted by Crippen LogP contribution is -2.29. The molecule has 0 aliphatic heterocycles. The van der Waals surface area contributed by atoms with Crippen molar-refractivity contribution >= 4 is 0 Å². The third kappa shape index (κ3) is 3.69. The van der Waals surface area contributed by atoms with E-state index in [2.05, 4.69) is 35.2 Å². The number of nitrogens with zero attached hydrogens (tertiary/aromatic N) is 3. The summed E-state index contributed by atoms with van der Waals surface area (Å²) in [6.07, 6.45) is 11.1. The fourth-order valence-electron chi connectivity index (χ4n) is 3.21. The van der Waals surface area contributed by atoms with Crippen LogP contribution < -0.4 is 5.32 Å². The minimum Gasteiger partial charge on any atom is -0.310 e. The lowest BCUT2D eigenvalue weighted by molar-refractivity contribution is 0.533. The normalized spacial score (nSPS) is 15.4. The van der Waals surface area contributed by atoms with Crippen LogP contribution in [0, 0.1) is 6.92 Å². The number of nitrogens with one attached hydrogen (secondary N) is 1. The van der Waals surface area contributed by atoms with Crippen LogP contribution in [0.1, 0.15) is 48.0 Å². The van der Waals surface area contributed by atoms with E-state index in [0.29, 0.717) is 6.04 Å². The van der Waals surface area contributed by atoms with Crippen LogP contribution in [0.15, 0.2) is 24.7 Å². The van der Waals surface area contributed by atoms with Crippen molar-refractivity contribution in [1.29, 1.82) is 0 Å². The highest BCUT2D eigenvalue weighted by molar-refractivity contribution is 5.34. The van der Waals surface area contributed by atoms with Gasteiger partial charge in [-0.15, -0.1) is 0 Å². The molecule has 0 amide bonds. The van der Waals surface area contributed by atoms with E-state index in [4.69, 9.17) is 4.98 Å². The smallest absolute Gasteiger partial charge is 0.0602 e. The van der Waals surface area contributed by atoms with Gasteiger partial charge in [-0.25, -0.2) is 0 Å². The van der Waals surface area contributed by atoms with Gasteiger partial charge in [0.25, 0.3) is 0 Å². The highest BCUT2D eigenvalue weighted by atomic mass is 14.9. The highest BCUT2D eigenvalue weighted by Gasteiger charge is 2.15. The first-order valence-electron chi connectivity index (χ1n) is 8.19. The fraction of sp³-hybridized carbons (Fsp3) is 0.500. The predicted molar refractivity (Wildman–Crippen MR) is 87.7 cm³/mol. The molecule has 2 aromatic heterocycles. The quantitative estimate of drug-likeness (QED) is 0.922. The molecule has 0 saturated heterocycles. The molecule has 4 heteroatoms. The van der Waals surface area contributed by atoms with E-state index in [1.807, 2.05) is 6.20 Å². The van der Waals surface area contributed by atoms with Crippen LogP contribution in [0.3, 0.4) is 0 Å². The molecule has 0 bridgehead atoms. The Kier molecular flexibility index (Phi) is 4.78. The predicted octanol–water partition coefficient (Wildman–Crippen LogP) is 2.78. The van der Waals surface area contributed by atoms with Crippen molar-refractivity contribution in [2.45, 2.75) is 58.5 Å². The Hall–Kier alpha value is -1.81. The van der Waals surface area contributed by atoms with E-state index < -0.39 is 0 Å². The monoisotopic (exact) mass is 296 g/mol. The van der Waals surface area contributed by atoms with Crippen LogP contribution in [0.5, 0.6) is 0 Å². The zero-order chi connectivity index (χ0) is 15.4. The second-order valence-corrected chi connectivity index (χ2v) is 6.24. The number of hydrogen-bond acceptors (Lipinski definition) is 4. The summed E-state index contributed by atoms with van der Waals surface area (Å²) >= 11 is 0. The molecule has 0 radical (unpaired) electrons. The molecule has 0 aromatic carbocycles. The summed E-state index contributed by atoms with van der Waals surface area (Å²) in [5.41, 5.74) is 6.41. The van der Waals surface area contributed by atoms with Gasteiger partial charge in [0.2, 0.25) is 0 Å². The number of hydrogen-bond donors (Lipinski definition) is 1. The second-order valence-electron chi connectivity index (χ2n) is 6.24. The van der Waals surface area contributed by atoms with E-state index in [1.54, 1.807) is 12.4 Å². The van der Waals surface area contributed by atoms with Crippen LogP contribution >= 0.6 is 0 Å². The van der Waals surface area contributed by atoms with Crippen molar-refractivity contribution in [3.8, 4) is 0 Å². The molecule has 2 aromatic rings. The molecule has 1 atom stereocenters. The zero-order valence-electron chi connectivity index (χ0n) is 13.5. The van der Waals surface area contributed by atoms with Gasteiger partial charge >= 0.3 is 0 Å². The molecule has 1 N–H and O–H groups in total. The van der Waals surface area contributed by atoms with E-state index in [-0.39, 0.29) is 0 Å². The average Bonchev–Trinajstić information content (AvgIpc) is 2.53. The van der Waals surface area contributed by atoms with E-state index >= 15 is 0 Å². The number of rotatable bonds is 5. The summed E-state index contributed by atoms with van der Waals surface area (Å²) in [7, 11) is 0. The summed E-state index contributed by atoms with van der Waals surface area (Å²) in [5, 5.41) is 3.63. The molecule has 3 rings (SSSR count). The van der Waals surface area contributed by atoms with Gasteiger partial charge in [0.1, 0.15) is 0 Å². The maximum atomic E-state index is 4.72. The Balaban J connectivity index is 1.65. The van der Waals surface area contributed by atoms with Crippen LogP contribution in [0.25, 0.3) is 0 Å². The third-order valence-corrected chi connectivity index (χ3v) is 4.29. The molecule has 0 fully saturated rings. The van der Waals surface area contributed by atoms with E-state index in [1.165, 1.54) is 36.1 Å². The SMILES string of the molecule is Cc1cc(CNC(C)Cc2cnccn2)c2c(n1)CCCC2. The van der Waals surface area contributed by atoms with Crippen molar-refractivity contribution in [2.24, 2.45) is 0 Å². The van der Waals surface area contributed by atoms with Crippen LogP contribution in [0.4, 0.5) is 0 Å². The molecule has 1 aliphatic rings. The average molecular weight is 296 g/mol. The Morgan fingerprint density at radius 2 is 2.09 bits per heavy atom. The lowest BCUT2D eigenvalue weighted by atomic mass is 9.91. The number of fused-ring (bicyclic) bond motifs is 1. The van der Waals surface area contributed by atoms with Gasteiger partial charge in [-0.1, -0.05) is 0 Å². The van der Waals surface area contributed by atoms with Crippen LogP contribution in [-0.2, 0) is 25.8 Å². The molecule has 22 heavy (non-hydrogen) atoms. The summed E-state index contributed by atoms with van der Waals surface area (Å²) in [4.78, 5) is 13.2. The molecule has 1 unspecified atom stereocenters. The zero-order valence-corrected chi connectivity index (χ0v) is 13.5. The van der Waals surface area contributed by atoms with Gasteiger partial charge in [-0.3, -0.25) is 15.0 Å². The van der Waals surface area contributed by atoms with Gasteiger partial charge in [0.15, 0.2) is 0 Å². The summed E-state index contributed by atoms with van der Waals surface area (Å²) in [6.45, 7) is 5.21. The van der Waals surface area contributed by atoms with Crippen molar-refractivity contribution in [3.63, 3.8) is 0 Å². The minimum atomic E-state index is 0.379. The van der Waals surface area contributed by atoms with Crippen molar-refractivity contribution in [2.75, 3.05) is 0 Å². The second kappa shape index (κ2) is 6.97. The first-order chi connectivity index (χ1) is 10.7. The summed E-state index contributed by atoms with van der Waals surface area (Å²) in [5.74, 6) is 0. The molecule has 1 aliphatic carbocycles. The van der Waals surface area contributed by atoms with Gasteiger partial charge in [-0.2, -0.15) is 0 Å². The Morgan fingerprint density at radius 3 is 2.91 bits per heavy atom. The number of aromatic nitrogens is 3. The Bertz CT molecular complexity index is 624. The minimum absolute atomic E-state index is 0.379. The standard InChI is InChI=1S/C18H24N4/c1-13(10-16-12-19-7-8-20-16)21-11-15-9-14(2)22-18-6-4-3-5-17(15)18/h7-9,12-13,21H,3-6,10-11H2,1-2H3. The fourth-order valence-corrected chi connectivity index (χ4v) is 3.21. The summed E-state index contributed by atoms with van der Waals surface area (Å²) in [6, 6.07) is 2.62. The van der Waals surface area contributed by atoms with Crippen molar-refractivity contribution in [1.82, 2.24) is 20.3 Å². The lowest BCUT2D eigenvalue weighted by Gasteiger charge is -2.21. The number of pyridine rings is 1. The molecule has 2 heterocycles. The third-order valence-electron chi connectivity index (χ3n) is 4.29. The van der Waals surface area contributed by atoms with E-state index in [9.17, 15) is 0 Å². The Morgan fingerprint density at radius 1 is 1.23 bits per heavy atom. The van der Waals surface area contributed by atoms with Crippen molar-refractivity contribution < 1.29 is 0 Å².